The average molecular weight is 491 g/mol. The van der Waals surface area contributed by atoms with Crippen LogP contribution in [0, 0.1) is 0 Å². The van der Waals surface area contributed by atoms with Gasteiger partial charge in [-0.3, -0.25) is 24.0 Å². The van der Waals surface area contributed by atoms with E-state index in [0.717, 1.165) is 0 Å². The van der Waals surface area contributed by atoms with Crippen LogP contribution in [0.25, 0.3) is 0 Å². The van der Waals surface area contributed by atoms with E-state index in [1.807, 2.05) is 0 Å². The van der Waals surface area contributed by atoms with Gasteiger partial charge in [-0.15, -0.1) is 0 Å². The summed E-state index contributed by atoms with van der Waals surface area (Å²) in [6.45, 7) is 1.45. The van der Waals surface area contributed by atoms with E-state index in [-0.39, 0.29) is 13.0 Å². The molecule has 0 fully saturated rings. The van der Waals surface area contributed by atoms with Crippen LogP contribution < -0.4 is 27.4 Å². The lowest BCUT2D eigenvalue weighted by Gasteiger charge is -2.26. The highest BCUT2D eigenvalue weighted by molar-refractivity contribution is 5.95. The number of amides is 3. The lowest BCUT2D eigenvalue weighted by molar-refractivity contribution is -0.143. The third-order valence-corrected chi connectivity index (χ3v) is 4.64. The van der Waals surface area contributed by atoms with Crippen LogP contribution in [0.4, 0.5) is 0 Å². The third-order valence-electron chi connectivity index (χ3n) is 4.64. The van der Waals surface area contributed by atoms with Crippen molar-refractivity contribution in [2.24, 2.45) is 11.5 Å². The average Bonchev–Trinajstić information content (AvgIpc) is 2.72. The fourth-order valence-electron chi connectivity index (χ4n) is 2.77. The highest BCUT2D eigenvalue weighted by atomic mass is 16.4. The minimum absolute atomic E-state index is 0.0268. The Morgan fingerprint density at radius 1 is 0.794 bits per heavy atom. The molecule has 0 aromatic rings. The molecule has 0 bridgehead atoms. The molecule has 0 spiro atoms. The molecule has 0 aliphatic heterocycles. The summed E-state index contributed by atoms with van der Waals surface area (Å²) >= 11 is 0. The predicted molar refractivity (Wildman–Crippen MR) is 115 cm³/mol. The van der Waals surface area contributed by atoms with Crippen LogP contribution in [0.5, 0.6) is 0 Å². The van der Waals surface area contributed by atoms with E-state index < -0.39 is 85.2 Å². The zero-order valence-electron chi connectivity index (χ0n) is 18.7. The maximum Gasteiger partial charge on any atom is 0.326 e. The van der Waals surface area contributed by atoms with Gasteiger partial charge in [-0.2, -0.15) is 0 Å². The Morgan fingerprint density at radius 3 is 1.85 bits per heavy atom. The van der Waals surface area contributed by atoms with Gasteiger partial charge in [-0.05, 0) is 39.2 Å². The van der Waals surface area contributed by atoms with Crippen molar-refractivity contribution in [1.82, 2.24) is 16.0 Å². The third kappa shape index (κ3) is 12.1. The number of carbonyl (C=O) groups is 6. The largest absolute Gasteiger partial charge is 0.481 e. The maximum atomic E-state index is 12.7. The van der Waals surface area contributed by atoms with E-state index >= 15 is 0 Å². The molecule has 0 heterocycles. The minimum Gasteiger partial charge on any atom is -0.481 e. The Bertz CT molecular complexity index is 745. The molecule has 3 amide bonds. The number of hydrogen-bond acceptors (Lipinski definition) is 9. The number of aliphatic carboxylic acids is 3. The Hall–Kier alpha value is -3.30. The Kier molecular flexibility index (Phi) is 14.0. The number of aliphatic hydroxyl groups excluding tert-OH is 1. The van der Waals surface area contributed by atoms with Crippen LogP contribution in [-0.4, -0.2) is 92.9 Å². The van der Waals surface area contributed by atoms with Crippen molar-refractivity contribution in [3.8, 4) is 0 Å². The molecule has 34 heavy (non-hydrogen) atoms. The van der Waals surface area contributed by atoms with Gasteiger partial charge in [-0.25, -0.2) is 4.79 Å². The van der Waals surface area contributed by atoms with E-state index in [4.69, 9.17) is 21.7 Å². The molecule has 0 aliphatic carbocycles. The maximum absolute atomic E-state index is 12.7. The van der Waals surface area contributed by atoms with E-state index in [2.05, 4.69) is 16.0 Å². The number of rotatable bonds is 17. The topological polar surface area (TPSA) is 271 Å². The van der Waals surface area contributed by atoms with Crippen molar-refractivity contribution < 1.29 is 49.2 Å². The van der Waals surface area contributed by atoms with Crippen molar-refractivity contribution in [2.75, 3.05) is 6.54 Å². The zero-order chi connectivity index (χ0) is 26.4. The zero-order valence-corrected chi connectivity index (χ0v) is 18.7. The van der Waals surface area contributed by atoms with Gasteiger partial charge in [0.2, 0.25) is 17.7 Å². The number of carboxylic acid groups (broad SMARTS) is 3. The summed E-state index contributed by atoms with van der Waals surface area (Å²) in [7, 11) is 0. The van der Waals surface area contributed by atoms with E-state index in [9.17, 15) is 39.0 Å². The summed E-state index contributed by atoms with van der Waals surface area (Å²) in [5.74, 6) is -7.02. The molecule has 5 atom stereocenters. The fraction of sp³-hybridized carbons (Fsp3) is 0.684. The molecule has 0 aliphatic rings. The van der Waals surface area contributed by atoms with Gasteiger partial charge in [0.1, 0.15) is 18.1 Å². The number of carboxylic acids is 3. The highest BCUT2D eigenvalue weighted by Crippen LogP contribution is 2.06. The molecular formula is C19H33N5O10. The summed E-state index contributed by atoms with van der Waals surface area (Å²) in [5, 5.41) is 43.3. The SMILES string of the molecule is CC(O)C(NC(=O)C(N)CC(=O)O)C(=O)NC(CCCCN)C(=O)NC(CCC(=O)O)C(=O)O. The molecule has 0 radical (unpaired) electrons. The number of aliphatic hydroxyl groups is 1. The Morgan fingerprint density at radius 2 is 1.38 bits per heavy atom. The van der Waals surface area contributed by atoms with Gasteiger partial charge >= 0.3 is 17.9 Å². The molecule has 0 saturated heterocycles. The summed E-state index contributed by atoms with van der Waals surface area (Å²) in [6.07, 6.45) is -2.24. The first-order valence-corrected chi connectivity index (χ1v) is 10.5. The lowest BCUT2D eigenvalue weighted by Crippen LogP contribution is -2.59. The molecule has 0 aromatic carbocycles. The molecule has 5 unspecified atom stereocenters. The van der Waals surface area contributed by atoms with E-state index in [1.54, 1.807) is 0 Å². The predicted octanol–water partition coefficient (Wildman–Crippen LogP) is -3.30. The number of carbonyl (C=O) groups excluding carboxylic acids is 3. The molecule has 11 N–H and O–H groups in total. The monoisotopic (exact) mass is 491 g/mol. The summed E-state index contributed by atoms with van der Waals surface area (Å²) in [5.41, 5.74) is 10.9. The smallest absolute Gasteiger partial charge is 0.326 e. The molecule has 15 nitrogen and oxygen atoms in total. The molecule has 194 valence electrons. The summed E-state index contributed by atoms with van der Waals surface area (Å²) in [4.78, 5) is 70.3. The number of nitrogens with one attached hydrogen (secondary N) is 3. The van der Waals surface area contributed by atoms with Gasteiger partial charge in [0.25, 0.3) is 0 Å². The van der Waals surface area contributed by atoms with Crippen molar-refractivity contribution >= 4 is 35.6 Å². The first-order chi connectivity index (χ1) is 15.8. The van der Waals surface area contributed by atoms with E-state index in [0.29, 0.717) is 12.8 Å². The van der Waals surface area contributed by atoms with Crippen molar-refractivity contribution in [1.29, 1.82) is 0 Å². The molecular weight excluding hydrogens is 458 g/mol. The fourth-order valence-corrected chi connectivity index (χ4v) is 2.77. The number of nitrogens with two attached hydrogens (primary N) is 2. The molecule has 0 saturated carbocycles. The summed E-state index contributed by atoms with van der Waals surface area (Å²) < 4.78 is 0. The van der Waals surface area contributed by atoms with Crippen LogP contribution >= 0.6 is 0 Å². The second-order valence-corrected chi connectivity index (χ2v) is 7.61. The van der Waals surface area contributed by atoms with Crippen molar-refractivity contribution in [2.45, 2.75) is 75.7 Å². The van der Waals surface area contributed by atoms with Gasteiger partial charge in [0.05, 0.1) is 18.6 Å². The lowest BCUT2D eigenvalue weighted by atomic mass is 10.0. The first kappa shape index (κ1) is 30.7. The van der Waals surface area contributed by atoms with Crippen LogP contribution in [-0.2, 0) is 28.8 Å². The van der Waals surface area contributed by atoms with E-state index in [1.165, 1.54) is 6.92 Å². The minimum atomic E-state index is -1.60. The highest BCUT2D eigenvalue weighted by Gasteiger charge is 2.32. The van der Waals surface area contributed by atoms with Gasteiger partial charge < -0.3 is 47.8 Å². The standard InChI is InChI=1S/C19H33N5O10/c1-9(25)15(24-16(30)10(21)8-14(28)29)18(32)22-11(4-2-3-7-20)17(31)23-12(19(33)34)5-6-13(26)27/h9-12,15,25H,2-8,20-21H2,1H3,(H,22,32)(H,23,31)(H,24,30)(H,26,27)(H,28,29)(H,33,34). The Balaban J connectivity index is 5.46. The molecule has 0 aromatic heterocycles. The van der Waals surface area contributed by atoms with Crippen LogP contribution in [0.2, 0.25) is 0 Å². The van der Waals surface area contributed by atoms with Crippen molar-refractivity contribution in [3.63, 3.8) is 0 Å². The first-order valence-electron chi connectivity index (χ1n) is 10.5. The normalized spacial score (nSPS) is 15.2. The van der Waals surface area contributed by atoms with Gasteiger partial charge in [0.15, 0.2) is 0 Å². The number of unbranched alkanes of at least 4 members (excludes halogenated alkanes) is 1. The molecule has 15 heteroatoms. The quantitative estimate of drug-likeness (QED) is 0.0905. The second-order valence-electron chi connectivity index (χ2n) is 7.61. The number of hydrogen-bond donors (Lipinski definition) is 9. The molecule has 0 rings (SSSR count). The van der Waals surface area contributed by atoms with Crippen LogP contribution in [0.3, 0.4) is 0 Å². The van der Waals surface area contributed by atoms with Crippen LogP contribution in [0.15, 0.2) is 0 Å². The van der Waals surface area contributed by atoms with Crippen LogP contribution in [0.1, 0.15) is 45.4 Å². The second kappa shape index (κ2) is 15.5. The summed E-state index contributed by atoms with van der Waals surface area (Å²) in [6, 6.07) is -5.92. The van der Waals surface area contributed by atoms with Crippen molar-refractivity contribution in [3.05, 3.63) is 0 Å². The Labute approximate surface area is 195 Å². The van der Waals surface area contributed by atoms with Gasteiger partial charge in [0, 0.05) is 6.42 Å². The van der Waals surface area contributed by atoms with Gasteiger partial charge in [-0.1, -0.05) is 0 Å².